The number of urea groups is 1. The molecule has 0 radical (unpaired) electrons. The van der Waals surface area contributed by atoms with Gasteiger partial charge < -0.3 is 11.1 Å². The van der Waals surface area contributed by atoms with Crippen LogP contribution in [-0.2, 0) is 0 Å². The first kappa shape index (κ1) is 18.8. The number of aromatic nitrogens is 2. The number of carbonyl (C=O) groups is 2. The summed E-state index contributed by atoms with van der Waals surface area (Å²) in [6, 6.07) is 3.87. The van der Waals surface area contributed by atoms with Crippen molar-refractivity contribution < 1.29 is 18.4 Å². The van der Waals surface area contributed by atoms with Crippen LogP contribution in [0.1, 0.15) is 10.4 Å². The van der Waals surface area contributed by atoms with E-state index in [2.05, 4.69) is 10.3 Å². The molecule has 29 heavy (non-hydrogen) atoms. The second kappa shape index (κ2) is 6.82. The van der Waals surface area contributed by atoms with Gasteiger partial charge in [-0.05, 0) is 18.2 Å². The van der Waals surface area contributed by atoms with Crippen molar-refractivity contribution in [2.24, 2.45) is 5.73 Å². The number of hydrogen-bond acceptors (Lipinski definition) is 4. The summed E-state index contributed by atoms with van der Waals surface area (Å²) in [6.45, 7) is 0.747. The van der Waals surface area contributed by atoms with Gasteiger partial charge in [0.2, 0.25) is 5.43 Å². The second-order valence-corrected chi connectivity index (χ2v) is 6.66. The number of nitrogens with two attached hydrogens (primary N) is 1. The van der Waals surface area contributed by atoms with E-state index in [1.54, 1.807) is 0 Å². The van der Waals surface area contributed by atoms with Crippen molar-refractivity contribution in [1.82, 2.24) is 14.9 Å². The van der Waals surface area contributed by atoms with Crippen LogP contribution in [0.15, 0.2) is 35.3 Å². The molecule has 1 saturated heterocycles. The van der Waals surface area contributed by atoms with E-state index in [-0.39, 0.29) is 33.6 Å². The monoisotopic (exact) mass is 419 g/mol. The van der Waals surface area contributed by atoms with Crippen LogP contribution in [0.3, 0.4) is 0 Å². The van der Waals surface area contributed by atoms with Crippen LogP contribution >= 0.6 is 11.6 Å². The van der Waals surface area contributed by atoms with E-state index in [1.807, 2.05) is 0 Å². The highest BCUT2D eigenvalue weighted by Crippen LogP contribution is 2.28. The summed E-state index contributed by atoms with van der Waals surface area (Å²) in [4.78, 5) is 42.0. The Labute approximate surface area is 166 Å². The average Bonchev–Trinajstić information content (AvgIpc) is 3.08. The number of anilines is 1. The van der Waals surface area contributed by atoms with Gasteiger partial charge in [0.05, 0.1) is 10.4 Å². The molecule has 8 nitrogen and oxygen atoms in total. The molecule has 4 rings (SSSR count). The van der Waals surface area contributed by atoms with Crippen molar-refractivity contribution in [1.29, 1.82) is 0 Å². The summed E-state index contributed by atoms with van der Waals surface area (Å²) in [6.07, 6.45) is 0.996. The predicted molar refractivity (Wildman–Crippen MR) is 102 cm³/mol. The lowest BCUT2D eigenvalue weighted by Gasteiger charge is -2.17. The molecule has 0 spiro atoms. The minimum absolute atomic E-state index is 0.0514. The fourth-order valence-corrected chi connectivity index (χ4v) is 3.43. The SMILES string of the molecule is NC(=O)c1cn(-c2c(F)cc(F)cc2Cl)c2nc(N3CCNC3=O)ccc2c1=O. The van der Waals surface area contributed by atoms with Gasteiger partial charge >= 0.3 is 6.03 Å². The van der Waals surface area contributed by atoms with Crippen molar-refractivity contribution in [3.8, 4) is 5.69 Å². The van der Waals surface area contributed by atoms with Crippen LogP contribution in [0.2, 0.25) is 5.02 Å². The molecule has 1 fully saturated rings. The number of halogens is 3. The molecule has 0 unspecified atom stereocenters. The van der Waals surface area contributed by atoms with Gasteiger partial charge in [0.1, 0.15) is 22.9 Å². The molecule has 2 aromatic heterocycles. The minimum atomic E-state index is -1.04. The lowest BCUT2D eigenvalue weighted by molar-refractivity contribution is 0.0999. The lowest BCUT2D eigenvalue weighted by atomic mass is 10.1. The van der Waals surface area contributed by atoms with Crippen LogP contribution in [0.4, 0.5) is 19.4 Å². The highest BCUT2D eigenvalue weighted by atomic mass is 35.5. The highest BCUT2D eigenvalue weighted by Gasteiger charge is 2.25. The van der Waals surface area contributed by atoms with Gasteiger partial charge in [0.25, 0.3) is 5.91 Å². The number of nitrogens with zero attached hydrogens (tertiary/aromatic N) is 3. The molecule has 3 heterocycles. The number of hydrogen-bond donors (Lipinski definition) is 2. The van der Waals surface area contributed by atoms with Crippen LogP contribution in [0.5, 0.6) is 0 Å². The smallest absolute Gasteiger partial charge is 0.323 e. The Morgan fingerprint density at radius 1 is 1.24 bits per heavy atom. The Balaban J connectivity index is 2.08. The first-order valence-corrected chi connectivity index (χ1v) is 8.72. The second-order valence-electron chi connectivity index (χ2n) is 6.25. The number of carbonyl (C=O) groups excluding carboxylic acids is 2. The van der Waals surface area contributed by atoms with E-state index in [4.69, 9.17) is 17.3 Å². The zero-order valence-corrected chi connectivity index (χ0v) is 15.3. The van der Waals surface area contributed by atoms with Crippen LogP contribution in [-0.4, -0.2) is 34.6 Å². The standard InChI is InChI=1S/C18H12ClF2N5O3/c19-11-5-8(20)6-12(21)14(11)26-7-10(16(22)28)15(27)9-1-2-13(24-17(9)26)25-4-3-23-18(25)29/h1-2,5-7H,3-4H2,(H2,22,28)(H,23,29). The molecule has 3 N–H and O–H groups in total. The summed E-state index contributed by atoms with van der Waals surface area (Å²) in [5.74, 6) is -2.78. The topological polar surface area (TPSA) is 110 Å². The Kier molecular flexibility index (Phi) is 4.42. The summed E-state index contributed by atoms with van der Waals surface area (Å²) >= 11 is 6.03. The number of nitrogens with one attached hydrogen (secondary N) is 1. The number of amides is 3. The van der Waals surface area contributed by atoms with E-state index in [0.29, 0.717) is 19.2 Å². The normalized spacial score (nSPS) is 13.8. The molecule has 0 aliphatic carbocycles. The van der Waals surface area contributed by atoms with Crippen molar-refractivity contribution >= 4 is 40.4 Å². The molecule has 0 atom stereocenters. The molecule has 3 aromatic rings. The number of pyridine rings is 2. The van der Waals surface area contributed by atoms with E-state index in [1.165, 1.54) is 17.0 Å². The maximum atomic E-state index is 14.6. The average molecular weight is 420 g/mol. The van der Waals surface area contributed by atoms with Crippen molar-refractivity contribution in [3.05, 3.63) is 62.9 Å². The number of primary amides is 1. The molecule has 1 aliphatic rings. The van der Waals surface area contributed by atoms with Crippen molar-refractivity contribution in [3.63, 3.8) is 0 Å². The summed E-state index contributed by atoms with van der Waals surface area (Å²) in [5.41, 5.74) is 3.74. The van der Waals surface area contributed by atoms with Crippen LogP contribution in [0.25, 0.3) is 16.7 Å². The number of fused-ring (bicyclic) bond motifs is 1. The fraction of sp³-hybridized carbons (Fsp3) is 0.111. The van der Waals surface area contributed by atoms with E-state index in [9.17, 15) is 23.2 Å². The van der Waals surface area contributed by atoms with Crippen LogP contribution < -0.4 is 21.4 Å². The lowest BCUT2D eigenvalue weighted by Crippen LogP contribution is -2.29. The Hall–Kier alpha value is -3.53. The third kappa shape index (κ3) is 3.07. The molecule has 1 aromatic carbocycles. The van der Waals surface area contributed by atoms with Gasteiger partial charge in [0, 0.05) is 25.4 Å². The van der Waals surface area contributed by atoms with Gasteiger partial charge in [-0.2, -0.15) is 0 Å². The zero-order valence-electron chi connectivity index (χ0n) is 14.6. The van der Waals surface area contributed by atoms with Gasteiger partial charge in [-0.1, -0.05) is 11.6 Å². The Morgan fingerprint density at radius 3 is 2.62 bits per heavy atom. The summed E-state index contributed by atoms with van der Waals surface area (Å²) in [5, 5.41) is 2.25. The summed E-state index contributed by atoms with van der Waals surface area (Å²) < 4.78 is 29.1. The summed E-state index contributed by atoms with van der Waals surface area (Å²) in [7, 11) is 0. The Bertz CT molecular complexity index is 1240. The Morgan fingerprint density at radius 2 is 2.00 bits per heavy atom. The molecule has 0 bridgehead atoms. The third-order valence-electron chi connectivity index (χ3n) is 4.46. The number of benzene rings is 1. The molecule has 3 amide bonds. The van der Waals surface area contributed by atoms with Gasteiger partial charge in [-0.25, -0.2) is 18.6 Å². The first-order valence-electron chi connectivity index (χ1n) is 8.34. The minimum Gasteiger partial charge on any atom is -0.365 e. The molecule has 148 valence electrons. The van der Waals surface area contributed by atoms with E-state index >= 15 is 0 Å². The molecular weight excluding hydrogens is 408 g/mol. The van der Waals surface area contributed by atoms with Gasteiger partial charge in [-0.15, -0.1) is 0 Å². The van der Waals surface area contributed by atoms with Crippen LogP contribution in [0, 0.1) is 11.6 Å². The van der Waals surface area contributed by atoms with E-state index in [0.717, 1.165) is 16.8 Å². The first-order chi connectivity index (χ1) is 13.8. The third-order valence-corrected chi connectivity index (χ3v) is 4.75. The van der Waals surface area contributed by atoms with Gasteiger partial charge in [-0.3, -0.25) is 19.1 Å². The molecular formula is C18H12ClF2N5O3. The largest absolute Gasteiger partial charge is 0.365 e. The molecule has 11 heteroatoms. The fourth-order valence-electron chi connectivity index (χ4n) is 3.14. The molecule has 1 aliphatic heterocycles. The zero-order chi connectivity index (χ0) is 20.9. The highest BCUT2D eigenvalue weighted by molar-refractivity contribution is 6.32. The van der Waals surface area contributed by atoms with E-state index < -0.39 is 28.5 Å². The predicted octanol–water partition coefficient (Wildman–Crippen LogP) is 1.95. The van der Waals surface area contributed by atoms with Crippen molar-refractivity contribution in [2.75, 3.05) is 18.0 Å². The van der Waals surface area contributed by atoms with Gasteiger partial charge in [0.15, 0.2) is 11.5 Å². The quantitative estimate of drug-likeness (QED) is 0.676. The van der Waals surface area contributed by atoms with Crippen molar-refractivity contribution in [2.45, 2.75) is 0 Å². The number of rotatable bonds is 3. The maximum absolute atomic E-state index is 14.6. The maximum Gasteiger partial charge on any atom is 0.323 e. The molecule has 0 saturated carbocycles.